The molecule has 0 fully saturated rings. The first kappa shape index (κ1) is 14.7. The molecule has 0 spiro atoms. The lowest BCUT2D eigenvalue weighted by molar-refractivity contribution is -0.380. The number of rotatable bonds is 5. The number of nitrogens with two attached hydrogens (primary N) is 1. The zero-order chi connectivity index (χ0) is 15.4. The van der Waals surface area contributed by atoms with Crippen molar-refractivity contribution in [3.05, 3.63) is 62.5 Å². The van der Waals surface area contributed by atoms with Crippen LogP contribution in [0.1, 0.15) is 25.6 Å². The van der Waals surface area contributed by atoms with Crippen molar-refractivity contribution in [3.63, 3.8) is 0 Å². The number of amides is 2. The molecule has 7 nitrogen and oxygen atoms in total. The Kier molecular flexibility index (Phi) is 4.29. The van der Waals surface area contributed by atoms with Crippen LogP contribution in [0.4, 0.5) is 5.00 Å². The lowest BCUT2D eigenvalue weighted by Gasteiger charge is -2.04. The molecular weight excluding hydrogens is 294 g/mol. The largest absolute Gasteiger partial charge is 0.366 e. The molecule has 1 heterocycles. The van der Waals surface area contributed by atoms with Crippen molar-refractivity contribution < 1.29 is 14.5 Å². The van der Waals surface area contributed by atoms with Gasteiger partial charge in [-0.2, -0.15) is 0 Å². The predicted molar refractivity (Wildman–Crippen MR) is 77.1 cm³/mol. The first-order valence-electron chi connectivity index (χ1n) is 5.88. The van der Waals surface area contributed by atoms with Crippen LogP contribution in [0, 0.1) is 10.1 Å². The minimum atomic E-state index is -0.544. The van der Waals surface area contributed by atoms with Gasteiger partial charge in [0.2, 0.25) is 5.91 Å². The maximum Gasteiger partial charge on any atom is 0.324 e. The maximum absolute atomic E-state index is 11.9. The maximum atomic E-state index is 11.9. The van der Waals surface area contributed by atoms with Crippen molar-refractivity contribution in [1.82, 2.24) is 5.32 Å². The van der Waals surface area contributed by atoms with Gasteiger partial charge >= 0.3 is 5.00 Å². The van der Waals surface area contributed by atoms with E-state index < -0.39 is 16.7 Å². The third kappa shape index (κ3) is 3.63. The van der Waals surface area contributed by atoms with E-state index in [4.69, 9.17) is 5.73 Å². The summed E-state index contributed by atoms with van der Waals surface area (Å²) in [5.74, 6) is -0.949. The van der Waals surface area contributed by atoms with Crippen LogP contribution >= 0.6 is 11.3 Å². The fourth-order valence-corrected chi connectivity index (χ4v) is 2.39. The molecule has 0 radical (unpaired) electrons. The van der Waals surface area contributed by atoms with E-state index in [0.717, 1.165) is 11.3 Å². The van der Waals surface area contributed by atoms with Gasteiger partial charge in [-0.1, -0.05) is 23.5 Å². The predicted octanol–water partition coefficient (Wildman–Crippen LogP) is 1.69. The smallest absolute Gasteiger partial charge is 0.324 e. The highest BCUT2D eigenvalue weighted by Gasteiger charge is 2.15. The van der Waals surface area contributed by atoms with Gasteiger partial charge in [0.05, 0.1) is 9.80 Å². The summed E-state index contributed by atoms with van der Waals surface area (Å²) < 4.78 is 0. The Balaban J connectivity index is 2.02. The molecule has 0 atom stereocenters. The summed E-state index contributed by atoms with van der Waals surface area (Å²) in [7, 11) is 0. The van der Waals surface area contributed by atoms with E-state index in [9.17, 15) is 19.7 Å². The SMILES string of the molecule is NC(=O)c1cccc(CNC(=O)c2ccc([N+](=O)[O-])s2)c1. The monoisotopic (exact) mass is 305 g/mol. The zero-order valence-corrected chi connectivity index (χ0v) is 11.6. The average molecular weight is 305 g/mol. The minimum absolute atomic E-state index is 0.0872. The Hall–Kier alpha value is -2.74. The minimum Gasteiger partial charge on any atom is -0.366 e. The van der Waals surface area contributed by atoms with Gasteiger partial charge in [-0.3, -0.25) is 19.7 Å². The molecule has 0 bridgehead atoms. The fourth-order valence-electron chi connectivity index (χ4n) is 1.65. The highest BCUT2D eigenvalue weighted by molar-refractivity contribution is 7.17. The van der Waals surface area contributed by atoms with Gasteiger partial charge in [0.25, 0.3) is 5.91 Å². The second-order valence-electron chi connectivity index (χ2n) is 4.14. The topological polar surface area (TPSA) is 115 Å². The number of thiophene rings is 1. The van der Waals surface area contributed by atoms with Gasteiger partial charge in [0, 0.05) is 18.2 Å². The first-order valence-corrected chi connectivity index (χ1v) is 6.70. The van der Waals surface area contributed by atoms with Gasteiger partial charge in [-0.05, 0) is 23.8 Å². The van der Waals surface area contributed by atoms with Crippen LogP contribution < -0.4 is 11.1 Å². The van der Waals surface area contributed by atoms with Gasteiger partial charge < -0.3 is 11.1 Å². The summed E-state index contributed by atoms with van der Waals surface area (Å²) in [4.78, 5) is 33.2. The molecule has 0 unspecified atom stereocenters. The third-order valence-corrected chi connectivity index (χ3v) is 3.70. The van der Waals surface area contributed by atoms with Crippen LogP contribution in [-0.4, -0.2) is 16.7 Å². The summed E-state index contributed by atoms with van der Waals surface area (Å²) in [6, 6.07) is 9.25. The summed E-state index contributed by atoms with van der Waals surface area (Å²) in [6.45, 7) is 0.200. The van der Waals surface area contributed by atoms with Crippen LogP contribution in [0.25, 0.3) is 0 Å². The molecule has 2 aromatic rings. The second kappa shape index (κ2) is 6.14. The molecule has 0 aliphatic carbocycles. The quantitative estimate of drug-likeness (QED) is 0.645. The summed E-state index contributed by atoms with van der Waals surface area (Å²) in [6.07, 6.45) is 0. The molecule has 3 N–H and O–H groups in total. The van der Waals surface area contributed by atoms with Crippen molar-refractivity contribution >= 4 is 28.2 Å². The number of benzene rings is 1. The lowest BCUT2D eigenvalue weighted by Crippen LogP contribution is -2.22. The zero-order valence-electron chi connectivity index (χ0n) is 10.7. The van der Waals surface area contributed by atoms with Crippen molar-refractivity contribution in [2.75, 3.05) is 0 Å². The average Bonchev–Trinajstić information content (AvgIpc) is 2.95. The normalized spacial score (nSPS) is 10.1. The number of hydrogen-bond acceptors (Lipinski definition) is 5. The summed E-state index contributed by atoms with van der Waals surface area (Å²) in [5.41, 5.74) is 6.24. The summed E-state index contributed by atoms with van der Waals surface area (Å²) >= 11 is 0.807. The third-order valence-electron chi connectivity index (χ3n) is 2.66. The fraction of sp³-hybridized carbons (Fsp3) is 0.0769. The van der Waals surface area contributed by atoms with Gasteiger partial charge in [0.15, 0.2) is 0 Å². The van der Waals surface area contributed by atoms with Crippen LogP contribution in [0.15, 0.2) is 36.4 Å². The number of nitro groups is 1. The Morgan fingerprint density at radius 3 is 2.67 bits per heavy atom. The van der Waals surface area contributed by atoms with Crippen molar-refractivity contribution in [1.29, 1.82) is 0 Å². The highest BCUT2D eigenvalue weighted by atomic mass is 32.1. The molecule has 0 saturated carbocycles. The van der Waals surface area contributed by atoms with Crippen molar-refractivity contribution in [2.45, 2.75) is 6.54 Å². The molecule has 2 amide bonds. The standard InChI is InChI=1S/C13H11N3O4S/c14-12(17)9-3-1-2-8(6-9)7-15-13(18)10-4-5-11(21-10)16(19)20/h1-6H,7H2,(H2,14,17)(H,15,18). The highest BCUT2D eigenvalue weighted by Crippen LogP contribution is 2.23. The van der Waals surface area contributed by atoms with E-state index in [2.05, 4.69) is 5.32 Å². The number of carbonyl (C=O) groups is 2. The van der Waals surface area contributed by atoms with Gasteiger partial charge in [-0.15, -0.1) is 0 Å². The van der Waals surface area contributed by atoms with E-state index in [0.29, 0.717) is 11.1 Å². The van der Waals surface area contributed by atoms with Gasteiger partial charge in [0.1, 0.15) is 0 Å². The molecule has 108 valence electrons. The summed E-state index contributed by atoms with van der Waals surface area (Å²) in [5, 5.41) is 13.1. The number of carbonyl (C=O) groups excluding carboxylic acids is 2. The Morgan fingerprint density at radius 1 is 1.29 bits per heavy atom. The Labute approximate surface area is 123 Å². The molecule has 1 aromatic carbocycles. The van der Waals surface area contributed by atoms with Gasteiger partial charge in [-0.25, -0.2) is 0 Å². The number of hydrogen-bond donors (Lipinski definition) is 2. The molecule has 8 heteroatoms. The van der Waals surface area contributed by atoms with E-state index in [1.54, 1.807) is 24.3 Å². The van der Waals surface area contributed by atoms with Crippen LogP contribution in [0.2, 0.25) is 0 Å². The lowest BCUT2D eigenvalue weighted by atomic mass is 10.1. The van der Waals surface area contributed by atoms with Crippen LogP contribution in [-0.2, 0) is 6.54 Å². The van der Waals surface area contributed by atoms with Crippen LogP contribution in [0.3, 0.4) is 0 Å². The number of primary amides is 1. The van der Waals surface area contributed by atoms with Crippen molar-refractivity contribution in [2.24, 2.45) is 5.73 Å². The molecule has 0 aliphatic rings. The first-order chi connectivity index (χ1) is 9.97. The molecule has 0 aliphatic heterocycles. The molecular formula is C13H11N3O4S. The molecule has 2 rings (SSSR count). The van der Waals surface area contributed by atoms with E-state index in [1.165, 1.54) is 12.1 Å². The Morgan fingerprint density at radius 2 is 2.05 bits per heavy atom. The molecule has 0 saturated heterocycles. The number of nitrogens with zero attached hydrogens (tertiary/aromatic N) is 1. The van der Waals surface area contributed by atoms with Crippen LogP contribution in [0.5, 0.6) is 0 Å². The second-order valence-corrected chi connectivity index (χ2v) is 5.20. The molecule has 1 aromatic heterocycles. The Bertz CT molecular complexity index is 711. The number of nitrogens with one attached hydrogen (secondary N) is 1. The van der Waals surface area contributed by atoms with E-state index in [1.807, 2.05) is 0 Å². The van der Waals surface area contributed by atoms with E-state index >= 15 is 0 Å². The van der Waals surface area contributed by atoms with E-state index in [-0.39, 0.29) is 16.4 Å². The van der Waals surface area contributed by atoms with Crippen molar-refractivity contribution in [3.8, 4) is 0 Å². The molecule has 21 heavy (non-hydrogen) atoms.